The predicted octanol–water partition coefficient (Wildman–Crippen LogP) is 2.48. The molecule has 4 rings (SSSR count). The summed E-state index contributed by atoms with van der Waals surface area (Å²) < 4.78 is 26.7. The number of aromatic nitrogens is 4. The van der Waals surface area contributed by atoms with Crippen LogP contribution in [0, 0.1) is 23.8 Å². The van der Waals surface area contributed by atoms with Crippen LogP contribution in [0.25, 0.3) is 11.2 Å². The molecule has 0 fully saturated rings. The van der Waals surface area contributed by atoms with Gasteiger partial charge in [-0.25, -0.2) is 4.98 Å². The van der Waals surface area contributed by atoms with Crippen molar-refractivity contribution in [3.63, 3.8) is 0 Å². The molecule has 0 spiro atoms. The fourth-order valence-corrected chi connectivity index (χ4v) is 3.50. The van der Waals surface area contributed by atoms with Gasteiger partial charge in [0.05, 0.1) is 0 Å². The molecule has 3 heterocycles. The van der Waals surface area contributed by atoms with E-state index in [9.17, 15) is 4.39 Å². The number of nitrogens with one attached hydrogen (secondary N) is 1. The van der Waals surface area contributed by atoms with E-state index in [-0.39, 0.29) is 18.0 Å². The van der Waals surface area contributed by atoms with Crippen LogP contribution in [-0.4, -0.2) is 39.4 Å². The molecule has 9 heteroatoms. The number of ether oxygens (including phenoxy) is 2. The zero-order chi connectivity index (χ0) is 22.2. The smallest absolute Gasteiger partial charge is 0.312 e. The number of nitrogens with zero attached hydrogens (tertiary/aromatic N) is 4. The van der Waals surface area contributed by atoms with Crippen LogP contribution in [0.3, 0.4) is 0 Å². The number of terminal acetylenes is 1. The van der Waals surface area contributed by atoms with Crippen molar-refractivity contribution in [3.8, 4) is 23.8 Å². The number of halogens is 1. The Hall–Kier alpha value is -3.38. The van der Waals surface area contributed by atoms with Crippen molar-refractivity contribution >= 4 is 17.0 Å². The van der Waals surface area contributed by atoms with E-state index in [1.807, 2.05) is 10.6 Å². The minimum Gasteiger partial charge on any atom is -0.454 e. The third kappa shape index (κ3) is 4.39. The van der Waals surface area contributed by atoms with Crippen LogP contribution in [0.2, 0.25) is 0 Å². The van der Waals surface area contributed by atoms with Gasteiger partial charge in [-0.3, -0.25) is 0 Å². The first-order chi connectivity index (χ1) is 14.7. The summed E-state index contributed by atoms with van der Waals surface area (Å²) in [6.07, 6.45) is 5.23. The summed E-state index contributed by atoms with van der Waals surface area (Å²) >= 11 is 0. The summed E-state index contributed by atoms with van der Waals surface area (Å²) in [4.78, 5) is 12.2. The van der Waals surface area contributed by atoms with Gasteiger partial charge in [-0.15, -0.1) is 6.42 Å². The molecular weight excluding hydrogens is 399 g/mol. The van der Waals surface area contributed by atoms with Gasteiger partial charge in [-0.2, -0.15) is 14.4 Å². The first-order valence-electron chi connectivity index (χ1n) is 10.0. The Balaban J connectivity index is 1.70. The average Bonchev–Trinajstić information content (AvgIpc) is 3.28. The zero-order valence-electron chi connectivity index (χ0n) is 17.8. The van der Waals surface area contributed by atoms with Crippen LogP contribution < -0.4 is 20.5 Å². The van der Waals surface area contributed by atoms with E-state index < -0.39 is 6.08 Å². The third-order valence-electron chi connectivity index (χ3n) is 4.94. The molecule has 1 aliphatic rings. The van der Waals surface area contributed by atoms with Gasteiger partial charge >= 0.3 is 6.08 Å². The lowest BCUT2D eigenvalue weighted by Gasteiger charge is -2.19. The van der Waals surface area contributed by atoms with Crippen LogP contribution in [0.15, 0.2) is 12.1 Å². The molecule has 0 atom stereocenters. The average molecular weight is 424 g/mol. The van der Waals surface area contributed by atoms with E-state index in [1.54, 1.807) is 6.07 Å². The van der Waals surface area contributed by atoms with Gasteiger partial charge in [0.2, 0.25) is 6.79 Å². The minimum absolute atomic E-state index is 0.00742. The van der Waals surface area contributed by atoms with E-state index in [4.69, 9.17) is 21.6 Å². The molecule has 0 bridgehead atoms. The molecule has 2 aromatic heterocycles. The summed E-state index contributed by atoms with van der Waals surface area (Å²) in [7, 11) is 0. The number of benzene rings is 1. The fourth-order valence-electron chi connectivity index (χ4n) is 3.50. The summed E-state index contributed by atoms with van der Waals surface area (Å²) in [5.41, 5.74) is 8.33. The standard InChI is InChI=1S/C22H25FN6O2/c1-5-13-8-15-16(31-12-30-15)9-14(13)10-17-26-18-19(24)27-21(23)28-20(18)29(17)7-6-25-11-22(2,3)4/h1,8-9,25H,6-7,10-12H2,2-4H3,(H2,24,27,28). The van der Waals surface area contributed by atoms with Crippen molar-refractivity contribution in [3.05, 3.63) is 35.2 Å². The van der Waals surface area contributed by atoms with E-state index in [1.165, 1.54) is 0 Å². The molecule has 1 aromatic carbocycles. The first-order valence-corrected chi connectivity index (χ1v) is 10.0. The fraction of sp³-hybridized carbons (Fsp3) is 0.409. The summed E-state index contributed by atoms with van der Waals surface area (Å²) in [5.74, 6) is 4.61. The molecule has 0 unspecified atom stereocenters. The topological polar surface area (TPSA) is 100 Å². The highest BCUT2D eigenvalue weighted by molar-refractivity contribution is 5.82. The van der Waals surface area contributed by atoms with Gasteiger partial charge < -0.3 is 25.1 Å². The van der Waals surface area contributed by atoms with Gasteiger partial charge in [0, 0.05) is 37.7 Å². The van der Waals surface area contributed by atoms with E-state index in [0.29, 0.717) is 53.6 Å². The Kier molecular flexibility index (Phi) is 5.41. The third-order valence-corrected chi connectivity index (χ3v) is 4.94. The molecule has 3 N–H and O–H groups in total. The van der Waals surface area contributed by atoms with Crippen LogP contribution in [0.4, 0.5) is 10.2 Å². The largest absolute Gasteiger partial charge is 0.454 e. The van der Waals surface area contributed by atoms with Gasteiger partial charge in [0.25, 0.3) is 0 Å². The highest BCUT2D eigenvalue weighted by atomic mass is 19.1. The highest BCUT2D eigenvalue weighted by Crippen LogP contribution is 2.35. The SMILES string of the molecule is C#Cc1cc2c(cc1Cc1nc3c(N)nc(F)nc3n1CCNCC(C)(C)C)OCO2. The maximum Gasteiger partial charge on any atom is 0.312 e. The Morgan fingerprint density at radius 1 is 1.23 bits per heavy atom. The minimum atomic E-state index is -0.882. The lowest BCUT2D eigenvalue weighted by molar-refractivity contribution is 0.174. The molecule has 0 radical (unpaired) electrons. The molecule has 1 aliphatic heterocycles. The second-order valence-corrected chi connectivity index (χ2v) is 8.65. The summed E-state index contributed by atoms with van der Waals surface area (Å²) in [5, 5.41) is 3.42. The Labute approximate surface area is 180 Å². The Morgan fingerprint density at radius 2 is 1.97 bits per heavy atom. The quantitative estimate of drug-likeness (QED) is 0.356. The second kappa shape index (κ2) is 8.04. The van der Waals surface area contributed by atoms with E-state index in [2.05, 4.69) is 47.0 Å². The van der Waals surface area contributed by atoms with Crippen molar-refractivity contribution in [2.75, 3.05) is 25.6 Å². The maximum atomic E-state index is 13.9. The van der Waals surface area contributed by atoms with Gasteiger partial charge in [-0.05, 0) is 17.0 Å². The zero-order valence-corrected chi connectivity index (χ0v) is 17.8. The maximum absolute atomic E-state index is 13.9. The highest BCUT2D eigenvalue weighted by Gasteiger charge is 2.21. The van der Waals surface area contributed by atoms with Crippen LogP contribution in [-0.2, 0) is 13.0 Å². The van der Waals surface area contributed by atoms with Gasteiger partial charge in [-0.1, -0.05) is 26.7 Å². The summed E-state index contributed by atoms with van der Waals surface area (Å²) in [6.45, 7) is 8.65. The lowest BCUT2D eigenvalue weighted by atomic mass is 9.97. The first kappa shape index (κ1) is 20.9. The number of nitrogens with two attached hydrogens (primary N) is 1. The molecule has 8 nitrogen and oxygen atoms in total. The second-order valence-electron chi connectivity index (χ2n) is 8.65. The number of imidazole rings is 1. The Bertz CT molecular complexity index is 1180. The van der Waals surface area contributed by atoms with Crippen molar-refractivity contribution in [1.82, 2.24) is 24.8 Å². The van der Waals surface area contributed by atoms with Gasteiger partial charge in [0.15, 0.2) is 28.5 Å². The molecule has 0 saturated carbocycles. The summed E-state index contributed by atoms with van der Waals surface area (Å²) in [6, 6.07) is 3.64. The number of rotatable bonds is 6. The van der Waals surface area contributed by atoms with Crippen LogP contribution in [0.5, 0.6) is 11.5 Å². The van der Waals surface area contributed by atoms with Crippen molar-refractivity contribution in [2.24, 2.45) is 5.41 Å². The molecule has 0 aliphatic carbocycles. The van der Waals surface area contributed by atoms with Crippen molar-refractivity contribution in [1.29, 1.82) is 0 Å². The van der Waals surface area contributed by atoms with E-state index >= 15 is 0 Å². The molecule has 31 heavy (non-hydrogen) atoms. The normalized spacial score (nSPS) is 13.0. The monoisotopic (exact) mass is 424 g/mol. The molecule has 0 amide bonds. The number of hydrogen-bond donors (Lipinski definition) is 2. The van der Waals surface area contributed by atoms with Crippen LogP contribution >= 0.6 is 0 Å². The lowest BCUT2D eigenvalue weighted by Crippen LogP contribution is -2.30. The number of fused-ring (bicyclic) bond motifs is 2. The number of hydrogen-bond acceptors (Lipinski definition) is 7. The molecule has 162 valence electrons. The Morgan fingerprint density at radius 3 is 2.68 bits per heavy atom. The number of anilines is 1. The predicted molar refractivity (Wildman–Crippen MR) is 115 cm³/mol. The van der Waals surface area contributed by atoms with Gasteiger partial charge in [0.1, 0.15) is 5.82 Å². The van der Waals surface area contributed by atoms with Crippen molar-refractivity contribution < 1.29 is 13.9 Å². The molecular formula is C22H25FN6O2. The molecule has 3 aromatic rings. The molecule has 0 saturated heterocycles. The van der Waals surface area contributed by atoms with Crippen molar-refractivity contribution in [2.45, 2.75) is 33.7 Å². The van der Waals surface area contributed by atoms with E-state index in [0.717, 1.165) is 12.1 Å². The number of nitrogen functional groups attached to an aromatic ring is 1. The van der Waals surface area contributed by atoms with Crippen LogP contribution in [0.1, 0.15) is 37.7 Å².